The Morgan fingerprint density at radius 2 is 0.818 bits per heavy atom. The molecule has 3 heterocycles. The highest BCUT2D eigenvalue weighted by molar-refractivity contribution is 5.29. The topological polar surface area (TPSA) is 55.4 Å². The molecule has 6 heteroatoms. The average Bonchev–Trinajstić information content (AvgIpc) is 2.74. The second kappa shape index (κ2) is 11.1. The van der Waals surface area contributed by atoms with Crippen molar-refractivity contribution in [3.63, 3.8) is 0 Å². The molecule has 1 aromatic rings. The summed E-state index contributed by atoms with van der Waals surface area (Å²) in [6.45, 7) is 15.5. The fourth-order valence-electron chi connectivity index (χ4n) is 4.59. The first-order valence-corrected chi connectivity index (χ1v) is 12.6. The van der Waals surface area contributed by atoms with E-state index in [1.165, 1.54) is 16.7 Å². The van der Waals surface area contributed by atoms with Gasteiger partial charge in [0.1, 0.15) is 0 Å². The SMILES string of the molecule is CCC1(COCc2cc(COCC3(CC)COC3)cc(COCC3(CC)COC3)c2)COC1. The minimum atomic E-state index is 0.200. The van der Waals surface area contributed by atoms with Crippen molar-refractivity contribution >= 4 is 0 Å². The molecule has 0 N–H and O–H groups in total. The predicted molar refractivity (Wildman–Crippen MR) is 126 cm³/mol. The van der Waals surface area contributed by atoms with Crippen molar-refractivity contribution in [3.8, 4) is 0 Å². The van der Waals surface area contributed by atoms with Crippen LogP contribution in [0, 0.1) is 16.2 Å². The maximum absolute atomic E-state index is 6.14. The summed E-state index contributed by atoms with van der Waals surface area (Å²) in [5, 5.41) is 0. The standard InChI is InChI=1S/C27H42O6/c1-4-25(16-31-17-25)13-28-10-22-7-23(11-29-14-26(5-2)18-32-19-26)9-24(8-22)12-30-15-27(6-3)20-33-21-27/h7-9H,4-6,10-21H2,1-3H3. The van der Waals surface area contributed by atoms with Crippen LogP contribution in [-0.4, -0.2) is 59.5 Å². The Bertz CT molecular complexity index is 622. The smallest absolute Gasteiger partial charge is 0.0717 e. The molecule has 0 amide bonds. The summed E-state index contributed by atoms with van der Waals surface area (Å²) in [4.78, 5) is 0. The predicted octanol–water partition coefficient (Wildman–Crippen LogP) is 4.52. The van der Waals surface area contributed by atoms with Gasteiger partial charge >= 0.3 is 0 Å². The molecule has 3 aliphatic heterocycles. The van der Waals surface area contributed by atoms with Crippen LogP contribution in [0.25, 0.3) is 0 Å². The molecule has 33 heavy (non-hydrogen) atoms. The number of hydrogen-bond donors (Lipinski definition) is 0. The van der Waals surface area contributed by atoms with E-state index >= 15 is 0 Å². The first-order chi connectivity index (χ1) is 16.0. The molecule has 6 nitrogen and oxygen atoms in total. The number of hydrogen-bond acceptors (Lipinski definition) is 6. The lowest BCUT2D eigenvalue weighted by Crippen LogP contribution is -2.45. The van der Waals surface area contributed by atoms with E-state index in [9.17, 15) is 0 Å². The average molecular weight is 463 g/mol. The zero-order valence-corrected chi connectivity index (χ0v) is 20.8. The van der Waals surface area contributed by atoms with Gasteiger partial charge in [-0.15, -0.1) is 0 Å². The third-order valence-electron chi connectivity index (χ3n) is 7.84. The molecule has 0 unspecified atom stereocenters. The fraction of sp³-hybridized carbons (Fsp3) is 0.778. The number of rotatable bonds is 15. The van der Waals surface area contributed by atoms with Gasteiger partial charge in [0.15, 0.2) is 0 Å². The van der Waals surface area contributed by atoms with Gasteiger partial charge in [0.05, 0.1) is 79.3 Å². The van der Waals surface area contributed by atoms with E-state index in [1.54, 1.807) is 0 Å². The second-order valence-corrected chi connectivity index (χ2v) is 10.7. The van der Waals surface area contributed by atoms with E-state index in [4.69, 9.17) is 28.4 Å². The minimum Gasteiger partial charge on any atom is -0.380 e. The highest BCUT2D eigenvalue weighted by Gasteiger charge is 2.38. The lowest BCUT2D eigenvalue weighted by atomic mass is 9.84. The van der Waals surface area contributed by atoms with E-state index in [0.29, 0.717) is 19.8 Å². The Hall–Kier alpha value is -1.02. The van der Waals surface area contributed by atoms with E-state index in [0.717, 1.165) is 78.7 Å². The normalized spacial score (nSPS) is 22.3. The summed E-state index contributed by atoms with van der Waals surface area (Å²) < 4.78 is 34.7. The highest BCUT2D eigenvalue weighted by Crippen LogP contribution is 2.33. The van der Waals surface area contributed by atoms with Crippen LogP contribution in [0.5, 0.6) is 0 Å². The summed E-state index contributed by atoms with van der Waals surface area (Å²) in [7, 11) is 0. The van der Waals surface area contributed by atoms with Crippen molar-refractivity contribution in [2.45, 2.75) is 59.9 Å². The molecule has 0 atom stereocenters. The molecule has 3 aliphatic rings. The summed E-state index contributed by atoms with van der Waals surface area (Å²) in [5.74, 6) is 0. The van der Waals surface area contributed by atoms with E-state index in [2.05, 4.69) is 39.0 Å². The van der Waals surface area contributed by atoms with Crippen LogP contribution < -0.4 is 0 Å². The molecule has 0 bridgehead atoms. The van der Waals surface area contributed by atoms with Gasteiger partial charge in [-0.05, 0) is 36.0 Å². The first kappa shape index (κ1) is 25.1. The fourth-order valence-corrected chi connectivity index (χ4v) is 4.59. The van der Waals surface area contributed by atoms with Crippen LogP contribution >= 0.6 is 0 Å². The Balaban J connectivity index is 1.34. The molecular weight excluding hydrogens is 420 g/mol. The first-order valence-electron chi connectivity index (χ1n) is 12.6. The molecule has 1 aromatic carbocycles. The van der Waals surface area contributed by atoms with Crippen molar-refractivity contribution in [1.29, 1.82) is 0 Å². The van der Waals surface area contributed by atoms with E-state index < -0.39 is 0 Å². The number of benzene rings is 1. The van der Waals surface area contributed by atoms with E-state index in [-0.39, 0.29) is 16.2 Å². The molecule has 0 spiro atoms. The molecule has 0 aliphatic carbocycles. The van der Waals surface area contributed by atoms with Crippen LogP contribution in [-0.2, 0) is 48.2 Å². The summed E-state index contributed by atoms with van der Waals surface area (Å²) in [6, 6.07) is 6.63. The summed E-state index contributed by atoms with van der Waals surface area (Å²) >= 11 is 0. The third-order valence-corrected chi connectivity index (χ3v) is 7.84. The third kappa shape index (κ3) is 6.16. The van der Waals surface area contributed by atoms with Crippen molar-refractivity contribution < 1.29 is 28.4 Å². The van der Waals surface area contributed by atoms with Gasteiger partial charge in [-0.25, -0.2) is 0 Å². The monoisotopic (exact) mass is 462 g/mol. The second-order valence-electron chi connectivity index (χ2n) is 10.7. The molecule has 186 valence electrons. The zero-order valence-electron chi connectivity index (χ0n) is 20.8. The Kier molecular flexibility index (Phi) is 8.47. The molecule has 3 saturated heterocycles. The quantitative estimate of drug-likeness (QED) is 0.382. The van der Waals surface area contributed by atoms with Gasteiger partial charge in [0, 0.05) is 16.2 Å². The van der Waals surface area contributed by atoms with Crippen molar-refractivity contribution in [3.05, 3.63) is 34.9 Å². The van der Waals surface area contributed by atoms with Gasteiger partial charge in [0.25, 0.3) is 0 Å². The highest BCUT2D eigenvalue weighted by atomic mass is 16.5. The summed E-state index contributed by atoms with van der Waals surface area (Å²) in [6.07, 6.45) is 3.27. The Morgan fingerprint density at radius 3 is 1.00 bits per heavy atom. The van der Waals surface area contributed by atoms with Gasteiger partial charge < -0.3 is 28.4 Å². The molecule has 4 rings (SSSR count). The zero-order chi connectivity index (χ0) is 23.2. The maximum Gasteiger partial charge on any atom is 0.0717 e. The number of ether oxygens (including phenoxy) is 6. The minimum absolute atomic E-state index is 0.200. The van der Waals surface area contributed by atoms with Gasteiger partial charge in [-0.2, -0.15) is 0 Å². The van der Waals surface area contributed by atoms with E-state index in [1.807, 2.05) is 0 Å². The molecule has 0 aromatic heterocycles. The lowest BCUT2D eigenvalue weighted by molar-refractivity contribution is -0.153. The van der Waals surface area contributed by atoms with Crippen LogP contribution in [0.4, 0.5) is 0 Å². The molecule has 0 radical (unpaired) electrons. The summed E-state index contributed by atoms with van der Waals surface area (Å²) in [5.41, 5.74) is 4.13. The van der Waals surface area contributed by atoms with Gasteiger partial charge in [-0.1, -0.05) is 39.0 Å². The van der Waals surface area contributed by atoms with Crippen LogP contribution in [0.2, 0.25) is 0 Å². The van der Waals surface area contributed by atoms with Gasteiger partial charge in [-0.3, -0.25) is 0 Å². The van der Waals surface area contributed by atoms with Gasteiger partial charge in [0.2, 0.25) is 0 Å². The Labute approximate surface area is 199 Å². The van der Waals surface area contributed by atoms with Crippen molar-refractivity contribution in [1.82, 2.24) is 0 Å². The van der Waals surface area contributed by atoms with Crippen LogP contribution in [0.15, 0.2) is 18.2 Å². The van der Waals surface area contributed by atoms with Crippen molar-refractivity contribution in [2.75, 3.05) is 59.5 Å². The maximum atomic E-state index is 6.14. The molecular formula is C27H42O6. The largest absolute Gasteiger partial charge is 0.380 e. The van der Waals surface area contributed by atoms with Crippen LogP contribution in [0.1, 0.15) is 56.7 Å². The Morgan fingerprint density at radius 1 is 0.545 bits per heavy atom. The lowest BCUT2D eigenvalue weighted by Gasteiger charge is -2.40. The van der Waals surface area contributed by atoms with Crippen LogP contribution in [0.3, 0.4) is 0 Å². The molecule has 3 fully saturated rings. The molecule has 0 saturated carbocycles. The van der Waals surface area contributed by atoms with Crippen molar-refractivity contribution in [2.24, 2.45) is 16.2 Å².